The summed E-state index contributed by atoms with van der Waals surface area (Å²) in [7, 11) is -3.61. The third-order valence-corrected chi connectivity index (χ3v) is 5.43. The zero-order chi connectivity index (χ0) is 21.0. The van der Waals surface area contributed by atoms with Crippen LogP contribution in [0.15, 0.2) is 68.7 Å². The van der Waals surface area contributed by atoms with E-state index in [4.69, 9.17) is 4.42 Å². The molecule has 0 bridgehead atoms. The molecule has 3 rings (SSSR count). The molecule has 3 aromatic rings. The zero-order valence-electron chi connectivity index (χ0n) is 15.8. The van der Waals surface area contributed by atoms with E-state index in [1.54, 1.807) is 38.1 Å². The molecule has 0 atom stereocenters. The summed E-state index contributed by atoms with van der Waals surface area (Å²) in [5, 5.41) is 6.62. The molecule has 10 heteroatoms. The molecule has 29 heavy (non-hydrogen) atoms. The number of aromatic nitrogens is 2. The van der Waals surface area contributed by atoms with Gasteiger partial charge in [0.15, 0.2) is 0 Å². The van der Waals surface area contributed by atoms with Crippen molar-refractivity contribution in [1.82, 2.24) is 14.5 Å². The van der Waals surface area contributed by atoms with Crippen molar-refractivity contribution < 1.29 is 17.6 Å². The molecule has 2 N–H and O–H groups in total. The van der Waals surface area contributed by atoms with Crippen molar-refractivity contribution in [3.63, 3.8) is 0 Å². The smallest absolute Gasteiger partial charge is 0.388 e. The van der Waals surface area contributed by atoms with Crippen LogP contribution in [0.5, 0.6) is 0 Å². The van der Waals surface area contributed by atoms with Crippen molar-refractivity contribution in [2.75, 3.05) is 5.32 Å². The zero-order valence-corrected chi connectivity index (χ0v) is 16.6. The topological polar surface area (TPSA) is 123 Å². The van der Waals surface area contributed by atoms with Crippen LogP contribution < -0.4 is 15.8 Å². The molecule has 1 aromatic heterocycles. The average Bonchev–Trinajstić information content (AvgIpc) is 3.02. The van der Waals surface area contributed by atoms with E-state index < -0.39 is 21.7 Å². The summed E-state index contributed by atoms with van der Waals surface area (Å²) in [6.07, 6.45) is 0. The van der Waals surface area contributed by atoms with Crippen molar-refractivity contribution >= 4 is 21.6 Å². The van der Waals surface area contributed by atoms with Gasteiger partial charge in [0.25, 0.3) is 0 Å². The second kappa shape index (κ2) is 8.41. The molecule has 0 spiro atoms. The van der Waals surface area contributed by atoms with Crippen LogP contribution in [0.25, 0.3) is 11.5 Å². The molecule has 0 fully saturated rings. The Morgan fingerprint density at radius 3 is 2.38 bits per heavy atom. The van der Waals surface area contributed by atoms with E-state index in [1.807, 2.05) is 6.07 Å². The van der Waals surface area contributed by atoms with Gasteiger partial charge < -0.3 is 9.73 Å². The van der Waals surface area contributed by atoms with E-state index in [-0.39, 0.29) is 23.4 Å². The quantitative estimate of drug-likeness (QED) is 0.606. The summed E-state index contributed by atoms with van der Waals surface area (Å²) in [4.78, 5) is 24.2. The first-order chi connectivity index (χ1) is 13.7. The van der Waals surface area contributed by atoms with Crippen LogP contribution >= 0.6 is 0 Å². The van der Waals surface area contributed by atoms with Crippen LogP contribution in [0.4, 0.5) is 5.69 Å². The molecule has 0 aliphatic carbocycles. The van der Waals surface area contributed by atoms with Gasteiger partial charge in [-0.15, -0.1) is 5.10 Å². The Labute approximate surface area is 167 Å². The number of carbonyl (C=O) groups excluding carboxylic acids is 1. The lowest BCUT2D eigenvalue weighted by Gasteiger charge is -2.10. The molecule has 9 nitrogen and oxygen atoms in total. The summed E-state index contributed by atoms with van der Waals surface area (Å²) in [6, 6.07) is 14.3. The highest BCUT2D eigenvalue weighted by Gasteiger charge is 2.16. The molecule has 2 aromatic carbocycles. The Hall–Kier alpha value is -3.24. The lowest BCUT2D eigenvalue weighted by Crippen LogP contribution is -2.30. The van der Waals surface area contributed by atoms with Gasteiger partial charge in [0.2, 0.25) is 21.8 Å². The second-order valence-corrected chi connectivity index (χ2v) is 8.26. The first-order valence-corrected chi connectivity index (χ1v) is 10.3. The molecule has 0 aliphatic rings. The predicted octanol–water partition coefficient (Wildman–Crippen LogP) is 1.83. The van der Waals surface area contributed by atoms with Crippen LogP contribution in [-0.4, -0.2) is 30.1 Å². The van der Waals surface area contributed by atoms with E-state index in [2.05, 4.69) is 15.1 Å². The standard InChI is InChI=1S/C19H20N4O5S/c1-13(2)22-29(26,27)16-10-8-15(9-11-16)20-17(24)12-23-19(25)28-18(21-23)14-6-4-3-5-7-14/h3-11,13,22H,12H2,1-2H3,(H,20,24). The number of benzene rings is 2. The van der Waals surface area contributed by atoms with E-state index in [9.17, 15) is 18.0 Å². The average molecular weight is 416 g/mol. The van der Waals surface area contributed by atoms with Gasteiger partial charge in [-0.05, 0) is 50.2 Å². The molecular weight excluding hydrogens is 396 g/mol. The monoisotopic (exact) mass is 416 g/mol. The Balaban J connectivity index is 1.67. The van der Waals surface area contributed by atoms with Crippen molar-refractivity contribution in [2.24, 2.45) is 0 Å². The number of amides is 1. The lowest BCUT2D eigenvalue weighted by molar-refractivity contribution is -0.117. The Morgan fingerprint density at radius 1 is 1.10 bits per heavy atom. The first-order valence-electron chi connectivity index (χ1n) is 8.80. The highest BCUT2D eigenvalue weighted by atomic mass is 32.2. The van der Waals surface area contributed by atoms with Gasteiger partial charge in [0.1, 0.15) is 6.54 Å². The van der Waals surface area contributed by atoms with E-state index >= 15 is 0 Å². The number of nitrogens with zero attached hydrogens (tertiary/aromatic N) is 2. The van der Waals surface area contributed by atoms with Crippen molar-refractivity contribution in [1.29, 1.82) is 0 Å². The summed E-state index contributed by atoms with van der Waals surface area (Å²) in [5.74, 6) is -1.13. The minimum absolute atomic E-state index is 0.0874. The van der Waals surface area contributed by atoms with Crippen LogP contribution in [0.2, 0.25) is 0 Å². The fourth-order valence-corrected chi connectivity index (χ4v) is 3.79. The second-order valence-electron chi connectivity index (χ2n) is 6.55. The molecule has 1 amide bonds. The van der Waals surface area contributed by atoms with Crippen LogP contribution in [0.1, 0.15) is 13.8 Å². The highest BCUT2D eigenvalue weighted by Crippen LogP contribution is 2.15. The highest BCUT2D eigenvalue weighted by molar-refractivity contribution is 7.89. The molecule has 0 saturated carbocycles. The number of hydrogen-bond donors (Lipinski definition) is 2. The van der Waals surface area contributed by atoms with E-state index in [1.165, 1.54) is 24.3 Å². The fourth-order valence-electron chi connectivity index (χ4n) is 2.54. The maximum atomic E-state index is 12.2. The minimum atomic E-state index is -3.61. The Kier molecular flexibility index (Phi) is 5.95. The maximum absolute atomic E-state index is 12.2. The number of nitrogens with one attached hydrogen (secondary N) is 2. The number of carbonyl (C=O) groups is 1. The number of hydrogen-bond acceptors (Lipinski definition) is 6. The van der Waals surface area contributed by atoms with Crippen molar-refractivity contribution in [2.45, 2.75) is 31.3 Å². The summed E-state index contributed by atoms with van der Waals surface area (Å²) < 4.78 is 32.7. The molecule has 0 aliphatic heterocycles. The molecule has 0 saturated heterocycles. The Bertz CT molecular complexity index is 1150. The number of rotatable bonds is 7. The maximum Gasteiger partial charge on any atom is 0.437 e. The van der Waals surface area contributed by atoms with E-state index in [0.29, 0.717) is 11.3 Å². The molecule has 0 radical (unpaired) electrons. The normalized spacial score (nSPS) is 11.6. The van der Waals surface area contributed by atoms with Crippen molar-refractivity contribution in [3.8, 4) is 11.5 Å². The van der Waals surface area contributed by atoms with Crippen molar-refractivity contribution in [3.05, 3.63) is 65.1 Å². The number of anilines is 1. The van der Waals surface area contributed by atoms with Gasteiger partial charge in [0.05, 0.1) is 4.90 Å². The third-order valence-electron chi connectivity index (χ3n) is 3.76. The van der Waals surface area contributed by atoms with Crippen LogP contribution in [0.3, 0.4) is 0 Å². The molecule has 1 heterocycles. The SMILES string of the molecule is CC(C)NS(=O)(=O)c1ccc(NC(=O)Cn2nc(-c3ccccc3)oc2=O)cc1. The minimum Gasteiger partial charge on any atom is -0.388 e. The van der Waals surface area contributed by atoms with Gasteiger partial charge >= 0.3 is 5.76 Å². The summed E-state index contributed by atoms with van der Waals surface area (Å²) >= 11 is 0. The third kappa shape index (κ3) is 5.18. The molecule has 0 unspecified atom stereocenters. The van der Waals surface area contributed by atoms with Gasteiger partial charge in [-0.25, -0.2) is 17.9 Å². The molecule has 152 valence electrons. The Morgan fingerprint density at radius 2 is 1.76 bits per heavy atom. The summed E-state index contributed by atoms with van der Waals surface area (Å²) in [5.41, 5.74) is 1.01. The van der Waals surface area contributed by atoms with Crippen LogP contribution in [0, 0.1) is 0 Å². The van der Waals surface area contributed by atoms with Gasteiger partial charge in [-0.3, -0.25) is 4.79 Å². The molecular formula is C19H20N4O5S. The van der Waals surface area contributed by atoms with Crippen LogP contribution in [-0.2, 0) is 21.4 Å². The lowest BCUT2D eigenvalue weighted by atomic mass is 10.2. The van der Waals surface area contributed by atoms with Gasteiger partial charge in [-0.1, -0.05) is 18.2 Å². The van der Waals surface area contributed by atoms with Gasteiger partial charge in [0, 0.05) is 17.3 Å². The summed E-state index contributed by atoms with van der Waals surface area (Å²) in [6.45, 7) is 3.10. The first kappa shape index (κ1) is 20.5. The number of sulfonamides is 1. The van der Waals surface area contributed by atoms with E-state index in [0.717, 1.165) is 4.68 Å². The largest absolute Gasteiger partial charge is 0.437 e. The predicted molar refractivity (Wildman–Crippen MR) is 107 cm³/mol. The van der Waals surface area contributed by atoms with Gasteiger partial charge in [-0.2, -0.15) is 4.68 Å². The fraction of sp³-hybridized carbons (Fsp3) is 0.211.